The van der Waals surface area contributed by atoms with Crippen molar-refractivity contribution in [3.05, 3.63) is 35.8 Å². The molecule has 0 aliphatic carbocycles. The van der Waals surface area contributed by atoms with Crippen molar-refractivity contribution in [2.45, 2.75) is 18.6 Å². The van der Waals surface area contributed by atoms with Crippen molar-refractivity contribution in [3.63, 3.8) is 0 Å². The summed E-state index contributed by atoms with van der Waals surface area (Å²) in [4.78, 5) is 27.0. The monoisotopic (exact) mass is 373 g/mol. The molecule has 0 saturated heterocycles. The van der Waals surface area contributed by atoms with Crippen molar-refractivity contribution in [1.82, 2.24) is 25.3 Å². The Morgan fingerprint density at radius 1 is 1.35 bits per heavy atom. The summed E-state index contributed by atoms with van der Waals surface area (Å²) in [5.41, 5.74) is -2.87. The van der Waals surface area contributed by atoms with Gasteiger partial charge in [0.1, 0.15) is 0 Å². The Bertz CT molecular complexity index is 806. The smallest absolute Gasteiger partial charge is 0.417 e. The van der Waals surface area contributed by atoms with Crippen LogP contribution in [0.5, 0.6) is 0 Å². The predicted molar refractivity (Wildman–Crippen MR) is 79.5 cm³/mol. The number of alkyl halides is 3. The van der Waals surface area contributed by atoms with E-state index in [1.807, 2.05) is 0 Å². The second-order valence-electron chi connectivity index (χ2n) is 5.48. The Labute approximate surface area is 144 Å². The van der Waals surface area contributed by atoms with Crippen LogP contribution in [0.2, 0.25) is 0 Å². The number of carboxylic acid groups (broad SMARTS) is 1. The van der Waals surface area contributed by atoms with Crippen LogP contribution in [0.25, 0.3) is 5.82 Å². The van der Waals surface area contributed by atoms with Crippen molar-refractivity contribution in [2.75, 3.05) is 13.7 Å². The molecule has 2 rings (SSSR count). The van der Waals surface area contributed by atoms with E-state index in [1.165, 1.54) is 14.0 Å². The van der Waals surface area contributed by atoms with Crippen LogP contribution >= 0.6 is 0 Å². The molecule has 0 aliphatic rings. The fraction of sp³-hybridized carbons (Fsp3) is 0.357. The van der Waals surface area contributed by atoms with Gasteiger partial charge in [-0.25, -0.2) is 14.5 Å². The van der Waals surface area contributed by atoms with Gasteiger partial charge in [-0.3, -0.25) is 4.79 Å². The summed E-state index contributed by atoms with van der Waals surface area (Å²) in [5.74, 6) is -2.16. The third-order valence-electron chi connectivity index (χ3n) is 3.33. The van der Waals surface area contributed by atoms with Gasteiger partial charge in [0.2, 0.25) is 0 Å². The van der Waals surface area contributed by atoms with Gasteiger partial charge in [0, 0.05) is 13.3 Å². The van der Waals surface area contributed by atoms with Crippen molar-refractivity contribution in [1.29, 1.82) is 0 Å². The molecule has 1 unspecified atom stereocenters. The lowest BCUT2D eigenvalue weighted by Crippen LogP contribution is -2.55. The summed E-state index contributed by atoms with van der Waals surface area (Å²) in [5, 5.41) is 18.6. The Balaban J connectivity index is 2.19. The van der Waals surface area contributed by atoms with Crippen LogP contribution in [0, 0.1) is 0 Å². The largest absolute Gasteiger partial charge is 0.479 e. The molecule has 0 spiro atoms. The molecular formula is C14H14F3N5O4. The number of methoxy groups -OCH3 is 1. The van der Waals surface area contributed by atoms with E-state index in [9.17, 15) is 27.9 Å². The number of carbonyl (C=O) groups excluding carboxylic acids is 1. The minimum atomic E-state index is -4.53. The van der Waals surface area contributed by atoms with Crippen molar-refractivity contribution in [3.8, 4) is 5.82 Å². The molecule has 0 aromatic carbocycles. The summed E-state index contributed by atoms with van der Waals surface area (Å²) in [6.45, 7) is 0.960. The van der Waals surface area contributed by atoms with Gasteiger partial charge in [-0.05, 0) is 19.1 Å². The average molecular weight is 373 g/mol. The summed E-state index contributed by atoms with van der Waals surface area (Å²) in [7, 11) is 1.28. The SMILES string of the molecule is COCC(C)(NC(=O)c1cn(-c2ccc(C(F)(F)F)cn2)nn1)C(=O)O. The Morgan fingerprint density at radius 2 is 2.04 bits per heavy atom. The quantitative estimate of drug-likeness (QED) is 0.772. The molecule has 140 valence electrons. The minimum Gasteiger partial charge on any atom is -0.479 e. The highest BCUT2D eigenvalue weighted by molar-refractivity contribution is 5.96. The highest BCUT2D eigenvalue weighted by Crippen LogP contribution is 2.28. The van der Waals surface area contributed by atoms with Crippen molar-refractivity contribution >= 4 is 11.9 Å². The molecule has 2 aromatic rings. The second-order valence-corrected chi connectivity index (χ2v) is 5.48. The molecule has 2 aromatic heterocycles. The zero-order valence-corrected chi connectivity index (χ0v) is 13.6. The fourth-order valence-electron chi connectivity index (χ4n) is 1.92. The third kappa shape index (κ3) is 4.14. The number of aliphatic carboxylic acids is 1. The number of ether oxygens (including phenoxy) is 1. The van der Waals surface area contributed by atoms with Crippen molar-refractivity contribution in [2.24, 2.45) is 0 Å². The van der Waals surface area contributed by atoms with Crippen LogP contribution in [0.3, 0.4) is 0 Å². The average Bonchev–Trinajstić information content (AvgIpc) is 3.04. The maximum absolute atomic E-state index is 12.5. The van der Waals surface area contributed by atoms with Crippen molar-refractivity contribution < 1.29 is 32.6 Å². The van der Waals surface area contributed by atoms with Gasteiger partial charge in [-0.2, -0.15) is 13.2 Å². The van der Waals surface area contributed by atoms with Gasteiger partial charge in [0.05, 0.1) is 18.4 Å². The lowest BCUT2D eigenvalue weighted by molar-refractivity contribution is -0.146. The summed E-state index contributed by atoms with van der Waals surface area (Å²) < 4.78 is 43.4. The molecule has 0 fully saturated rings. The molecule has 0 saturated carbocycles. The molecule has 9 nitrogen and oxygen atoms in total. The fourth-order valence-corrected chi connectivity index (χ4v) is 1.92. The van der Waals surface area contributed by atoms with E-state index in [4.69, 9.17) is 4.74 Å². The lowest BCUT2D eigenvalue weighted by atomic mass is 10.0. The molecule has 12 heteroatoms. The first-order valence-corrected chi connectivity index (χ1v) is 7.07. The molecule has 0 radical (unpaired) electrons. The normalized spacial score (nSPS) is 13.9. The highest BCUT2D eigenvalue weighted by Gasteiger charge is 2.36. The summed E-state index contributed by atoms with van der Waals surface area (Å²) in [6.07, 6.45) is -2.79. The number of amides is 1. The number of nitrogens with zero attached hydrogens (tertiary/aromatic N) is 4. The van der Waals surface area contributed by atoms with E-state index in [-0.39, 0.29) is 18.1 Å². The van der Waals surface area contributed by atoms with Gasteiger partial charge >= 0.3 is 12.1 Å². The molecule has 0 bridgehead atoms. The first-order valence-electron chi connectivity index (χ1n) is 7.07. The van der Waals surface area contributed by atoms with E-state index in [2.05, 4.69) is 20.6 Å². The number of hydrogen-bond donors (Lipinski definition) is 2. The summed E-state index contributed by atoms with van der Waals surface area (Å²) >= 11 is 0. The number of rotatable bonds is 6. The topological polar surface area (TPSA) is 119 Å². The number of carboxylic acids is 1. The first kappa shape index (κ1) is 19.3. The first-order chi connectivity index (χ1) is 12.1. The lowest BCUT2D eigenvalue weighted by Gasteiger charge is -2.24. The Kier molecular flexibility index (Phi) is 5.25. The Hall–Kier alpha value is -3.02. The number of halogens is 3. The van der Waals surface area contributed by atoms with Crippen LogP contribution in [0.15, 0.2) is 24.5 Å². The number of pyridine rings is 1. The van der Waals surface area contributed by atoms with Gasteiger partial charge in [-0.15, -0.1) is 5.10 Å². The number of hydrogen-bond acceptors (Lipinski definition) is 6. The second kappa shape index (κ2) is 7.07. The van der Waals surface area contributed by atoms with E-state index in [0.717, 1.165) is 23.0 Å². The molecular weight excluding hydrogens is 359 g/mol. The van der Waals surface area contributed by atoms with Crippen LogP contribution in [0.1, 0.15) is 23.0 Å². The van der Waals surface area contributed by atoms with Gasteiger partial charge in [0.25, 0.3) is 5.91 Å². The highest BCUT2D eigenvalue weighted by atomic mass is 19.4. The minimum absolute atomic E-state index is 0.00226. The molecule has 2 heterocycles. The van der Waals surface area contributed by atoms with E-state index >= 15 is 0 Å². The number of aromatic nitrogens is 4. The predicted octanol–water partition coefficient (Wildman–Crippen LogP) is 0.901. The maximum Gasteiger partial charge on any atom is 0.417 e. The Morgan fingerprint density at radius 3 is 2.54 bits per heavy atom. The van der Waals surface area contributed by atoms with Crippen LogP contribution in [-0.4, -0.2) is 56.2 Å². The van der Waals surface area contributed by atoms with E-state index < -0.39 is 29.2 Å². The number of carbonyl (C=O) groups is 2. The van der Waals surface area contributed by atoms with Crippen LogP contribution in [0.4, 0.5) is 13.2 Å². The number of nitrogens with one attached hydrogen (secondary N) is 1. The maximum atomic E-state index is 12.5. The van der Waals surface area contributed by atoms with Gasteiger partial charge < -0.3 is 15.2 Å². The third-order valence-corrected chi connectivity index (χ3v) is 3.33. The molecule has 26 heavy (non-hydrogen) atoms. The standard InChI is InChI=1S/C14H14F3N5O4/c1-13(7-26-2,12(24)25)19-11(23)9-6-22(21-20-9)10-4-3-8(5-18-10)14(15,16)17/h3-6H,7H2,1-2H3,(H,19,23)(H,24,25). The van der Waals surface area contributed by atoms with E-state index in [1.54, 1.807) is 0 Å². The molecule has 1 atom stereocenters. The molecule has 0 aliphatic heterocycles. The van der Waals surface area contributed by atoms with Crippen LogP contribution < -0.4 is 5.32 Å². The van der Waals surface area contributed by atoms with Gasteiger partial charge in [-0.1, -0.05) is 5.21 Å². The molecule has 2 N–H and O–H groups in total. The summed E-state index contributed by atoms with van der Waals surface area (Å²) in [6, 6.07) is 1.87. The van der Waals surface area contributed by atoms with Crippen LogP contribution in [-0.2, 0) is 15.7 Å². The molecule has 1 amide bonds. The van der Waals surface area contributed by atoms with E-state index in [0.29, 0.717) is 6.20 Å². The zero-order chi connectivity index (χ0) is 19.5. The zero-order valence-electron chi connectivity index (χ0n) is 13.6. The van der Waals surface area contributed by atoms with Gasteiger partial charge in [0.15, 0.2) is 17.1 Å².